The molecule has 1 aliphatic carbocycles. The third kappa shape index (κ3) is 3.81. The molecule has 1 saturated heterocycles. The zero-order valence-electron chi connectivity index (χ0n) is 15.6. The summed E-state index contributed by atoms with van der Waals surface area (Å²) in [4.78, 5) is 50.6. The number of carbonyl (C=O) groups excluding carboxylic acids is 4. The van der Waals surface area contributed by atoms with Gasteiger partial charge in [0, 0.05) is 5.69 Å². The van der Waals surface area contributed by atoms with Crippen molar-refractivity contribution in [2.24, 2.45) is 11.8 Å². The number of nitrogens with zero attached hydrogens (tertiary/aromatic N) is 1. The molecule has 0 saturated carbocycles. The van der Waals surface area contributed by atoms with Gasteiger partial charge in [-0.2, -0.15) is 0 Å². The van der Waals surface area contributed by atoms with Crippen LogP contribution >= 0.6 is 0 Å². The number of imide groups is 1. The number of halogens is 1. The number of esters is 1. The first-order valence-corrected chi connectivity index (χ1v) is 9.08. The molecule has 28 heavy (non-hydrogen) atoms. The highest BCUT2D eigenvalue weighted by Gasteiger charge is 2.50. The number of hydrogen-bond acceptors (Lipinski definition) is 5. The van der Waals surface area contributed by atoms with Crippen LogP contribution in [0.3, 0.4) is 0 Å². The molecular weight excluding hydrogens is 367 g/mol. The van der Waals surface area contributed by atoms with E-state index in [0.29, 0.717) is 18.5 Å². The van der Waals surface area contributed by atoms with Crippen molar-refractivity contribution in [2.75, 3.05) is 5.32 Å². The van der Waals surface area contributed by atoms with E-state index in [0.717, 1.165) is 4.90 Å². The molecule has 3 rings (SSSR count). The number of fused-ring (bicyclic) bond motifs is 1. The largest absolute Gasteiger partial charge is 0.451 e. The van der Waals surface area contributed by atoms with Crippen LogP contribution in [0.25, 0.3) is 0 Å². The van der Waals surface area contributed by atoms with Gasteiger partial charge in [0.25, 0.3) is 5.91 Å². The van der Waals surface area contributed by atoms with Gasteiger partial charge in [-0.3, -0.25) is 19.3 Å². The standard InChI is InChI=1S/C20H21FN2O5/c1-11(23-18(25)15-5-3-4-6-16(15)19(23)26)20(27)28-12(2)17(24)22-14-9-7-13(21)8-10-14/h3-4,7-12,15-16H,5-6H2,1-2H3,(H,22,24)/t11-,12-,15-,16-/m0/s1. The van der Waals surface area contributed by atoms with Crippen LogP contribution in [0.1, 0.15) is 26.7 Å². The Labute approximate surface area is 161 Å². The maximum absolute atomic E-state index is 12.9. The molecule has 1 aromatic carbocycles. The summed E-state index contributed by atoms with van der Waals surface area (Å²) in [5.74, 6) is -3.53. The molecule has 1 N–H and O–H groups in total. The Morgan fingerprint density at radius 3 is 2.14 bits per heavy atom. The summed E-state index contributed by atoms with van der Waals surface area (Å²) in [5.41, 5.74) is 0.351. The third-order valence-corrected chi connectivity index (χ3v) is 5.04. The highest BCUT2D eigenvalue weighted by molar-refractivity contribution is 6.08. The smallest absolute Gasteiger partial charge is 0.329 e. The molecule has 148 valence electrons. The summed E-state index contributed by atoms with van der Waals surface area (Å²) in [6, 6.07) is 4.01. The van der Waals surface area contributed by atoms with Gasteiger partial charge in [-0.05, 0) is 51.0 Å². The second-order valence-electron chi connectivity index (χ2n) is 6.95. The van der Waals surface area contributed by atoms with Crippen LogP contribution in [0.5, 0.6) is 0 Å². The van der Waals surface area contributed by atoms with Gasteiger partial charge in [-0.15, -0.1) is 0 Å². The molecule has 1 heterocycles. The van der Waals surface area contributed by atoms with Crippen molar-refractivity contribution < 1.29 is 28.3 Å². The van der Waals surface area contributed by atoms with Gasteiger partial charge in [0.05, 0.1) is 11.8 Å². The van der Waals surface area contributed by atoms with E-state index >= 15 is 0 Å². The summed E-state index contributed by atoms with van der Waals surface area (Å²) in [5, 5.41) is 2.50. The first-order valence-electron chi connectivity index (χ1n) is 9.08. The number of allylic oxidation sites excluding steroid dienone is 2. The Morgan fingerprint density at radius 2 is 1.61 bits per heavy atom. The molecule has 0 bridgehead atoms. The Bertz CT molecular complexity index is 810. The Kier molecular flexibility index (Phi) is 5.58. The topological polar surface area (TPSA) is 92.8 Å². The number of nitrogens with one attached hydrogen (secondary N) is 1. The zero-order valence-corrected chi connectivity index (χ0v) is 15.6. The first kappa shape index (κ1) is 19.7. The van der Waals surface area contributed by atoms with Crippen molar-refractivity contribution in [2.45, 2.75) is 38.8 Å². The quantitative estimate of drug-likeness (QED) is 0.473. The highest BCUT2D eigenvalue weighted by atomic mass is 19.1. The monoisotopic (exact) mass is 388 g/mol. The molecule has 1 fully saturated rings. The van der Waals surface area contributed by atoms with Gasteiger partial charge in [0.15, 0.2) is 6.10 Å². The first-order chi connectivity index (χ1) is 13.3. The van der Waals surface area contributed by atoms with Gasteiger partial charge in [-0.1, -0.05) is 12.2 Å². The molecule has 0 spiro atoms. The van der Waals surface area contributed by atoms with Crippen LogP contribution in [0.15, 0.2) is 36.4 Å². The van der Waals surface area contributed by atoms with Crippen LogP contribution in [0.4, 0.5) is 10.1 Å². The summed E-state index contributed by atoms with van der Waals surface area (Å²) >= 11 is 0. The molecule has 7 nitrogen and oxygen atoms in total. The average molecular weight is 388 g/mol. The van der Waals surface area contributed by atoms with Crippen molar-refractivity contribution in [1.82, 2.24) is 4.90 Å². The third-order valence-electron chi connectivity index (χ3n) is 5.04. The molecule has 0 aromatic heterocycles. The SMILES string of the molecule is C[C@H](OC(=O)[C@H](C)N1C(=O)[C@H]2CC=CC[C@@H]2C1=O)C(=O)Nc1ccc(F)cc1. The maximum atomic E-state index is 12.9. The lowest BCUT2D eigenvalue weighted by Gasteiger charge is -2.23. The fourth-order valence-corrected chi connectivity index (χ4v) is 3.42. The number of amides is 3. The normalized spacial score (nSPS) is 23.2. The van der Waals surface area contributed by atoms with E-state index in [9.17, 15) is 23.6 Å². The molecule has 0 radical (unpaired) electrons. The predicted octanol–water partition coefficient (Wildman–Crippen LogP) is 2.04. The van der Waals surface area contributed by atoms with Crippen molar-refractivity contribution in [3.63, 3.8) is 0 Å². The van der Waals surface area contributed by atoms with E-state index in [1.165, 1.54) is 38.1 Å². The number of anilines is 1. The van der Waals surface area contributed by atoms with Gasteiger partial charge >= 0.3 is 5.97 Å². The second-order valence-corrected chi connectivity index (χ2v) is 6.95. The fourth-order valence-electron chi connectivity index (χ4n) is 3.42. The second kappa shape index (κ2) is 7.92. The Morgan fingerprint density at radius 1 is 1.07 bits per heavy atom. The molecular formula is C20H21FN2O5. The number of hydrogen-bond donors (Lipinski definition) is 1. The van der Waals surface area contributed by atoms with Crippen molar-refractivity contribution in [3.8, 4) is 0 Å². The van der Waals surface area contributed by atoms with Crippen molar-refractivity contribution in [3.05, 3.63) is 42.2 Å². The van der Waals surface area contributed by atoms with Crippen LogP contribution in [0.2, 0.25) is 0 Å². The van der Waals surface area contributed by atoms with Gasteiger partial charge in [0.2, 0.25) is 11.8 Å². The number of likely N-dealkylation sites (tertiary alicyclic amines) is 1. The minimum absolute atomic E-state index is 0.351. The summed E-state index contributed by atoms with van der Waals surface area (Å²) < 4.78 is 18.1. The molecule has 0 unspecified atom stereocenters. The Balaban J connectivity index is 1.60. The van der Waals surface area contributed by atoms with E-state index < -0.39 is 41.7 Å². The Hall–Kier alpha value is -3.03. The van der Waals surface area contributed by atoms with E-state index in [4.69, 9.17) is 4.74 Å². The number of rotatable bonds is 5. The summed E-state index contributed by atoms with van der Waals surface area (Å²) in [6.45, 7) is 2.79. The molecule has 8 heteroatoms. The highest BCUT2D eigenvalue weighted by Crippen LogP contribution is 2.36. The molecule has 1 aliphatic heterocycles. The number of benzene rings is 1. The lowest BCUT2D eigenvalue weighted by Crippen LogP contribution is -2.46. The minimum Gasteiger partial charge on any atom is -0.451 e. The van der Waals surface area contributed by atoms with Crippen LogP contribution in [-0.4, -0.2) is 40.7 Å². The molecule has 1 aromatic rings. The average Bonchev–Trinajstić information content (AvgIpc) is 2.93. The molecule has 4 atom stereocenters. The minimum atomic E-state index is -1.16. The predicted molar refractivity (Wildman–Crippen MR) is 97.3 cm³/mol. The summed E-state index contributed by atoms with van der Waals surface area (Å²) in [7, 11) is 0. The van der Waals surface area contributed by atoms with E-state index in [2.05, 4.69) is 5.32 Å². The number of carbonyl (C=O) groups is 4. The van der Waals surface area contributed by atoms with Gasteiger partial charge < -0.3 is 10.1 Å². The lowest BCUT2D eigenvalue weighted by atomic mass is 9.85. The van der Waals surface area contributed by atoms with E-state index in [1.54, 1.807) is 0 Å². The van der Waals surface area contributed by atoms with Gasteiger partial charge in [-0.25, -0.2) is 9.18 Å². The zero-order chi connectivity index (χ0) is 20.4. The molecule has 3 amide bonds. The van der Waals surface area contributed by atoms with Crippen molar-refractivity contribution >= 4 is 29.4 Å². The van der Waals surface area contributed by atoms with Gasteiger partial charge in [0.1, 0.15) is 11.9 Å². The maximum Gasteiger partial charge on any atom is 0.329 e. The van der Waals surface area contributed by atoms with Crippen LogP contribution in [-0.2, 0) is 23.9 Å². The fraction of sp³-hybridized carbons (Fsp3) is 0.400. The van der Waals surface area contributed by atoms with Crippen molar-refractivity contribution in [1.29, 1.82) is 0 Å². The van der Waals surface area contributed by atoms with E-state index in [1.807, 2.05) is 12.2 Å². The molecule has 2 aliphatic rings. The van der Waals surface area contributed by atoms with Crippen LogP contribution in [0, 0.1) is 17.7 Å². The number of ether oxygens (including phenoxy) is 1. The summed E-state index contributed by atoms with van der Waals surface area (Å²) in [6.07, 6.45) is 3.52. The van der Waals surface area contributed by atoms with Crippen LogP contribution < -0.4 is 5.32 Å². The lowest BCUT2D eigenvalue weighted by molar-refractivity contribution is -0.163. The van der Waals surface area contributed by atoms with E-state index in [-0.39, 0.29) is 11.8 Å².